The van der Waals surface area contributed by atoms with Gasteiger partial charge in [-0.15, -0.1) is 0 Å². The molecule has 112 valence electrons. The number of hydrogen-bond donors (Lipinski definition) is 1. The van der Waals surface area contributed by atoms with Crippen LogP contribution in [0.15, 0.2) is 30.3 Å². The molecule has 0 radical (unpaired) electrons. The summed E-state index contributed by atoms with van der Waals surface area (Å²) < 4.78 is 0. The fraction of sp³-hybridized carbons (Fsp3) is 0.375. The minimum absolute atomic E-state index is 0.0144. The van der Waals surface area contributed by atoms with Crippen molar-refractivity contribution >= 4 is 29.6 Å². The molecule has 1 atom stereocenters. The van der Waals surface area contributed by atoms with Gasteiger partial charge >= 0.3 is 5.97 Å². The number of hydrogen-bond acceptors (Lipinski definition) is 2. The van der Waals surface area contributed by atoms with Crippen LogP contribution in [0.3, 0.4) is 0 Å². The average Bonchev–Trinajstić information content (AvgIpc) is 2.46. The molecule has 2 rings (SSSR count). The summed E-state index contributed by atoms with van der Waals surface area (Å²) >= 11 is 5.81. The molecular weight excluding hydrogens is 290 g/mol. The topological polar surface area (TPSA) is 57.6 Å². The molecule has 0 saturated carbocycles. The Hall–Kier alpha value is -1.81. The molecule has 1 saturated heterocycles. The van der Waals surface area contributed by atoms with Gasteiger partial charge in [0.15, 0.2) is 0 Å². The first-order chi connectivity index (χ1) is 10.1. The summed E-state index contributed by atoms with van der Waals surface area (Å²) in [6.07, 6.45) is 5.90. The second kappa shape index (κ2) is 7.27. The fourth-order valence-electron chi connectivity index (χ4n) is 2.54. The third-order valence-corrected chi connectivity index (χ3v) is 3.86. The molecule has 1 unspecified atom stereocenters. The molecule has 1 amide bonds. The fourth-order valence-corrected chi connectivity index (χ4v) is 2.67. The number of likely N-dealkylation sites (tertiary alicyclic amines) is 1. The third-order valence-electron chi connectivity index (χ3n) is 3.61. The standard InChI is InChI=1S/C16H18ClNO3/c17-13-7-4-12(5-8-13)6-9-15(19)18-10-2-1-3-14(18)11-16(20)21/h4-9,14H,1-3,10-11H2,(H,20,21)/b9-6+. The van der Waals surface area contributed by atoms with E-state index in [9.17, 15) is 9.59 Å². The first kappa shape index (κ1) is 15.6. The van der Waals surface area contributed by atoms with Crippen LogP contribution in [0.5, 0.6) is 0 Å². The normalized spacial score (nSPS) is 18.9. The van der Waals surface area contributed by atoms with Gasteiger partial charge in [-0.05, 0) is 43.0 Å². The van der Waals surface area contributed by atoms with Crippen molar-refractivity contribution in [3.63, 3.8) is 0 Å². The summed E-state index contributed by atoms with van der Waals surface area (Å²) in [7, 11) is 0. The first-order valence-corrected chi connectivity index (χ1v) is 7.40. The van der Waals surface area contributed by atoms with Crippen molar-refractivity contribution in [3.8, 4) is 0 Å². The minimum Gasteiger partial charge on any atom is -0.481 e. The third kappa shape index (κ3) is 4.60. The number of halogens is 1. The van der Waals surface area contributed by atoms with Crippen LogP contribution in [-0.2, 0) is 9.59 Å². The Morgan fingerprint density at radius 2 is 2.00 bits per heavy atom. The highest BCUT2D eigenvalue weighted by Crippen LogP contribution is 2.20. The van der Waals surface area contributed by atoms with E-state index in [4.69, 9.17) is 16.7 Å². The van der Waals surface area contributed by atoms with Crippen molar-refractivity contribution in [2.24, 2.45) is 0 Å². The number of carbonyl (C=O) groups excluding carboxylic acids is 1. The van der Waals surface area contributed by atoms with E-state index in [2.05, 4.69) is 0 Å². The monoisotopic (exact) mass is 307 g/mol. The van der Waals surface area contributed by atoms with E-state index in [-0.39, 0.29) is 18.4 Å². The lowest BCUT2D eigenvalue weighted by Crippen LogP contribution is -2.44. The van der Waals surface area contributed by atoms with Crippen LogP contribution in [-0.4, -0.2) is 34.5 Å². The molecule has 1 aromatic rings. The first-order valence-electron chi connectivity index (χ1n) is 7.02. The van der Waals surface area contributed by atoms with Crippen molar-refractivity contribution in [1.29, 1.82) is 0 Å². The molecule has 1 aliphatic heterocycles. The van der Waals surface area contributed by atoms with Crippen molar-refractivity contribution in [3.05, 3.63) is 40.9 Å². The Morgan fingerprint density at radius 1 is 1.29 bits per heavy atom. The molecule has 0 aliphatic carbocycles. The average molecular weight is 308 g/mol. The van der Waals surface area contributed by atoms with Gasteiger partial charge in [-0.1, -0.05) is 23.7 Å². The van der Waals surface area contributed by atoms with Gasteiger partial charge in [0.2, 0.25) is 5.91 Å². The van der Waals surface area contributed by atoms with Crippen LogP contribution in [0, 0.1) is 0 Å². The zero-order valence-electron chi connectivity index (χ0n) is 11.7. The highest BCUT2D eigenvalue weighted by Gasteiger charge is 2.27. The molecule has 1 heterocycles. The molecule has 0 bridgehead atoms. The van der Waals surface area contributed by atoms with Crippen molar-refractivity contribution in [1.82, 2.24) is 4.90 Å². The molecule has 4 nitrogen and oxygen atoms in total. The lowest BCUT2D eigenvalue weighted by Gasteiger charge is -2.34. The SMILES string of the molecule is O=C(O)CC1CCCCN1C(=O)/C=C/c1ccc(Cl)cc1. The van der Waals surface area contributed by atoms with Crippen LogP contribution < -0.4 is 0 Å². The van der Waals surface area contributed by atoms with E-state index in [1.165, 1.54) is 6.08 Å². The van der Waals surface area contributed by atoms with E-state index in [1.54, 1.807) is 23.1 Å². The lowest BCUT2D eigenvalue weighted by atomic mass is 9.99. The van der Waals surface area contributed by atoms with Crippen molar-refractivity contribution in [2.75, 3.05) is 6.54 Å². The number of aliphatic carboxylic acids is 1. The van der Waals surface area contributed by atoms with Gasteiger partial charge in [-0.3, -0.25) is 9.59 Å². The molecular formula is C16H18ClNO3. The van der Waals surface area contributed by atoms with E-state index in [0.717, 1.165) is 24.8 Å². The van der Waals surface area contributed by atoms with Crippen LogP contribution >= 0.6 is 11.6 Å². The number of rotatable bonds is 4. The summed E-state index contributed by atoms with van der Waals surface area (Å²) in [5.41, 5.74) is 0.888. The highest BCUT2D eigenvalue weighted by molar-refractivity contribution is 6.30. The zero-order chi connectivity index (χ0) is 15.2. The maximum Gasteiger partial charge on any atom is 0.305 e. The maximum absolute atomic E-state index is 12.3. The summed E-state index contributed by atoms with van der Waals surface area (Å²) in [6.45, 7) is 0.627. The summed E-state index contributed by atoms with van der Waals surface area (Å²) in [5.74, 6) is -0.989. The Bertz CT molecular complexity index is 539. The Morgan fingerprint density at radius 3 is 2.67 bits per heavy atom. The Labute approximate surface area is 129 Å². The van der Waals surface area contributed by atoms with E-state index in [1.807, 2.05) is 12.1 Å². The molecule has 1 aromatic carbocycles. The van der Waals surface area contributed by atoms with Gasteiger partial charge in [-0.2, -0.15) is 0 Å². The van der Waals surface area contributed by atoms with E-state index in [0.29, 0.717) is 11.6 Å². The van der Waals surface area contributed by atoms with Gasteiger partial charge in [-0.25, -0.2) is 0 Å². The van der Waals surface area contributed by atoms with E-state index >= 15 is 0 Å². The molecule has 1 N–H and O–H groups in total. The van der Waals surface area contributed by atoms with Crippen LogP contribution in [0.2, 0.25) is 5.02 Å². The van der Waals surface area contributed by atoms with E-state index < -0.39 is 5.97 Å². The Kier molecular flexibility index (Phi) is 5.39. The van der Waals surface area contributed by atoms with Gasteiger partial charge < -0.3 is 10.0 Å². The van der Waals surface area contributed by atoms with Gasteiger partial charge in [0.1, 0.15) is 0 Å². The lowest BCUT2D eigenvalue weighted by molar-refractivity contribution is -0.140. The molecule has 21 heavy (non-hydrogen) atoms. The number of carboxylic acid groups (broad SMARTS) is 1. The van der Waals surface area contributed by atoms with Gasteiger partial charge in [0.25, 0.3) is 0 Å². The molecule has 0 aromatic heterocycles. The number of carboxylic acids is 1. The molecule has 1 aliphatic rings. The van der Waals surface area contributed by atoms with Gasteiger partial charge in [0, 0.05) is 23.7 Å². The number of piperidine rings is 1. The quantitative estimate of drug-likeness (QED) is 0.869. The number of amides is 1. The second-order valence-corrected chi connectivity index (χ2v) is 5.60. The largest absolute Gasteiger partial charge is 0.481 e. The number of carbonyl (C=O) groups is 2. The van der Waals surface area contributed by atoms with Crippen LogP contribution in [0.25, 0.3) is 6.08 Å². The summed E-state index contributed by atoms with van der Waals surface area (Å²) in [4.78, 5) is 24.8. The predicted molar refractivity (Wildman–Crippen MR) is 82.1 cm³/mol. The minimum atomic E-state index is -0.860. The Balaban J connectivity index is 2.03. The molecule has 5 heteroatoms. The number of benzene rings is 1. The zero-order valence-corrected chi connectivity index (χ0v) is 12.4. The van der Waals surface area contributed by atoms with Crippen LogP contribution in [0.4, 0.5) is 0 Å². The van der Waals surface area contributed by atoms with Crippen molar-refractivity contribution in [2.45, 2.75) is 31.7 Å². The van der Waals surface area contributed by atoms with Gasteiger partial charge in [0.05, 0.1) is 6.42 Å². The highest BCUT2D eigenvalue weighted by atomic mass is 35.5. The summed E-state index contributed by atoms with van der Waals surface area (Å²) in [6, 6.07) is 6.99. The molecule has 1 fully saturated rings. The second-order valence-electron chi connectivity index (χ2n) is 5.16. The smallest absolute Gasteiger partial charge is 0.305 e. The van der Waals surface area contributed by atoms with Crippen LogP contribution in [0.1, 0.15) is 31.2 Å². The summed E-state index contributed by atoms with van der Waals surface area (Å²) in [5, 5.41) is 9.58. The number of nitrogens with zero attached hydrogens (tertiary/aromatic N) is 1. The van der Waals surface area contributed by atoms with Crippen molar-refractivity contribution < 1.29 is 14.7 Å². The predicted octanol–water partition coefficient (Wildman–Crippen LogP) is 3.21. The maximum atomic E-state index is 12.3. The molecule has 0 spiro atoms.